The van der Waals surface area contributed by atoms with Gasteiger partial charge >= 0.3 is 0 Å². The molecular weight excluding hydrogens is 243 g/mol. The van der Waals surface area contributed by atoms with E-state index < -0.39 is 0 Å². The molecule has 0 radical (unpaired) electrons. The van der Waals surface area contributed by atoms with Crippen LogP contribution in [0.15, 0.2) is 24.3 Å². The Morgan fingerprint density at radius 1 is 1.37 bits per heavy atom. The van der Waals surface area contributed by atoms with Crippen LogP contribution in [0.4, 0.5) is 4.39 Å². The van der Waals surface area contributed by atoms with E-state index in [1.165, 1.54) is 12.1 Å². The van der Waals surface area contributed by atoms with E-state index >= 15 is 0 Å². The first-order valence-corrected chi connectivity index (χ1v) is 6.86. The number of nitrogens with one attached hydrogen (secondary N) is 1. The normalized spacial score (nSPS) is 16.1. The standard InChI is InChI=1S/C15H25FN2O/c1-3-14(8-9-19)18-15(2,11-17)10-12-4-6-13(16)7-5-12/h4-7,14,18-19H,3,8-11,17H2,1-2H3. The number of nitrogens with two attached hydrogens (primary N) is 1. The van der Waals surface area contributed by atoms with Crippen molar-refractivity contribution in [2.24, 2.45) is 5.73 Å². The smallest absolute Gasteiger partial charge is 0.123 e. The fourth-order valence-corrected chi connectivity index (χ4v) is 2.26. The van der Waals surface area contributed by atoms with Crippen LogP contribution in [0.1, 0.15) is 32.3 Å². The van der Waals surface area contributed by atoms with Gasteiger partial charge in [0.15, 0.2) is 0 Å². The van der Waals surface area contributed by atoms with E-state index in [1.54, 1.807) is 12.1 Å². The Morgan fingerprint density at radius 2 is 2.00 bits per heavy atom. The fourth-order valence-electron chi connectivity index (χ4n) is 2.26. The second-order valence-electron chi connectivity index (χ2n) is 5.33. The summed E-state index contributed by atoms with van der Waals surface area (Å²) in [5, 5.41) is 12.6. The SMILES string of the molecule is CCC(CCO)NC(C)(CN)Cc1ccc(F)cc1. The van der Waals surface area contributed by atoms with Crippen LogP contribution in [-0.2, 0) is 6.42 Å². The van der Waals surface area contributed by atoms with Crippen molar-refractivity contribution in [1.82, 2.24) is 5.32 Å². The highest BCUT2D eigenvalue weighted by molar-refractivity contribution is 5.19. The van der Waals surface area contributed by atoms with Gasteiger partial charge in [-0.1, -0.05) is 19.1 Å². The summed E-state index contributed by atoms with van der Waals surface area (Å²) >= 11 is 0. The molecule has 4 heteroatoms. The quantitative estimate of drug-likeness (QED) is 0.674. The number of hydrogen-bond acceptors (Lipinski definition) is 3. The molecule has 0 spiro atoms. The molecule has 0 aromatic heterocycles. The Labute approximate surface area is 115 Å². The zero-order valence-corrected chi connectivity index (χ0v) is 11.8. The third-order valence-electron chi connectivity index (χ3n) is 3.48. The van der Waals surface area contributed by atoms with Crippen LogP contribution in [0.3, 0.4) is 0 Å². The number of aliphatic hydroxyl groups excluding tert-OH is 1. The molecule has 108 valence electrons. The van der Waals surface area contributed by atoms with E-state index in [0.29, 0.717) is 6.54 Å². The van der Waals surface area contributed by atoms with Crippen molar-refractivity contribution in [1.29, 1.82) is 0 Å². The molecule has 4 N–H and O–H groups in total. The second kappa shape index (κ2) is 7.58. The van der Waals surface area contributed by atoms with E-state index in [4.69, 9.17) is 10.8 Å². The number of aliphatic hydroxyl groups is 1. The Morgan fingerprint density at radius 3 is 2.47 bits per heavy atom. The molecule has 2 unspecified atom stereocenters. The molecule has 19 heavy (non-hydrogen) atoms. The number of rotatable bonds is 8. The summed E-state index contributed by atoms with van der Waals surface area (Å²) < 4.78 is 12.9. The van der Waals surface area contributed by atoms with Crippen LogP contribution >= 0.6 is 0 Å². The Bertz CT molecular complexity index is 369. The first-order chi connectivity index (χ1) is 9.03. The summed E-state index contributed by atoms with van der Waals surface area (Å²) in [6.07, 6.45) is 2.40. The van der Waals surface area contributed by atoms with Crippen molar-refractivity contribution < 1.29 is 9.50 Å². The third-order valence-corrected chi connectivity index (χ3v) is 3.48. The second-order valence-corrected chi connectivity index (χ2v) is 5.33. The number of halogens is 1. The maximum absolute atomic E-state index is 12.9. The molecular formula is C15H25FN2O. The van der Waals surface area contributed by atoms with E-state index in [0.717, 1.165) is 24.8 Å². The van der Waals surface area contributed by atoms with Crippen molar-refractivity contribution in [2.45, 2.75) is 44.7 Å². The topological polar surface area (TPSA) is 58.3 Å². The highest BCUT2D eigenvalue weighted by atomic mass is 19.1. The van der Waals surface area contributed by atoms with Gasteiger partial charge in [0.2, 0.25) is 0 Å². The first-order valence-electron chi connectivity index (χ1n) is 6.86. The molecule has 0 saturated carbocycles. The van der Waals surface area contributed by atoms with Gasteiger partial charge in [-0.25, -0.2) is 4.39 Å². The van der Waals surface area contributed by atoms with E-state index in [9.17, 15) is 4.39 Å². The predicted octanol–water partition coefficient (Wildman–Crippen LogP) is 1.84. The van der Waals surface area contributed by atoms with E-state index in [1.807, 2.05) is 0 Å². The highest BCUT2D eigenvalue weighted by Crippen LogP contribution is 2.15. The predicted molar refractivity (Wildman–Crippen MR) is 76.5 cm³/mol. The summed E-state index contributed by atoms with van der Waals surface area (Å²) in [7, 11) is 0. The maximum Gasteiger partial charge on any atom is 0.123 e. The van der Waals surface area contributed by atoms with Gasteiger partial charge in [0.05, 0.1) is 0 Å². The summed E-state index contributed by atoms with van der Waals surface area (Å²) in [6.45, 7) is 4.81. The first kappa shape index (κ1) is 16.1. The van der Waals surface area contributed by atoms with Gasteiger partial charge in [0, 0.05) is 24.7 Å². The molecule has 0 amide bonds. The lowest BCUT2D eigenvalue weighted by Gasteiger charge is -2.34. The minimum absolute atomic E-state index is 0.169. The van der Waals surface area contributed by atoms with E-state index in [-0.39, 0.29) is 24.0 Å². The van der Waals surface area contributed by atoms with Crippen molar-refractivity contribution in [3.63, 3.8) is 0 Å². The molecule has 0 aliphatic rings. The van der Waals surface area contributed by atoms with Gasteiger partial charge in [0.1, 0.15) is 5.82 Å². The van der Waals surface area contributed by atoms with Gasteiger partial charge in [-0.2, -0.15) is 0 Å². The van der Waals surface area contributed by atoms with E-state index in [2.05, 4.69) is 19.2 Å². The minimum atomic E-state index is -0.242. The molecule has 1 aromatic carbocycles. The third kappa shape index (κ3) is 5.27. The molecule has 0 bridgehead atoms. The summed E-state index contributed by atoms with van der Waals surface area (Å²) in [5.41, 5.74) is 6.70. The molecule has 0 fully saturated rings. The molecule has 0 saturated heterocycles. The summed E-state index contributed by atoms with van der Waals surface area (Å²) in [6, 6.07) is 6.77. The van der Waals surface area contributed by atoms with Crippen LogP contribution in [0.2, 0.25) is 0 Å². The van der Waals surface area contributed by atoms with Gasteiger partial charge in [-0.15, -0.1) is 0 Å². The molecule has 1 aromatic rings. The van der Waals surface area contributed by atoms with Gasteiger partial charge in [-0.3, -0.25) is 0 Å². The maximum atomic E-state index is 12.9. The molecule has 0 aliphatic carbocycles. The number of hydrogen-bond donors (Lipinski definition) is 3. The lowest BCUT2D eigenvalue weighted by Crippen LogP contribution is -2.54. The fraction of sp³-hybridized carbons (Fsp3) is 0.600. The van der Waals surface area contributed by atoms with Crippen molar-refractivity contribution in [2.75, 3.05) is 13.2 Å². The molecule has 2 atom stereocenters. The molecule has 0 heterocycles. The van der Waals surface area contributed by atoms with Crippen LogP contribution < -0.4 is 11.1 Å². The summed E-state index contributed by atoms with van der Waals surface area (Å²) in [4.78, 5) is 0. The largest absolute Gasteiger partial charge is 0.396 e. The average molecular weight is 268 g/mol. The lowest BCUT2D eigenvalue weighted by atomic mass is 9.91. The number of benzene rings is 1. The Kier molecular flexibility index (Phi) is 6.42. The Hall–Kier alpha value is -0.970. The van der Waals surface area contributed by atoms with Crippen molar-refractivity contribution in [3.05, 3.63) is 35.6 Å². The highest BCUT2D eigenvalue weighted by Gasteiger charge is 2.25. The lowest BCUT2D eigenvalue weighted by molar-refractivity contribution is 0.233. The Balaban J connectivity index is 2.70. The summed E-state index contributed by atoms with van der Waals surface area (Å²) in [5.74, 6) is -0.224. The zero-order chi connectivity index (χ0) is 14.3. The van der Waals surface area contributed by atoms with Gasteiger partial charge in [-0.05, 0) is 43.9 Å². The van der Waals surface area contributed by atoms with Crippen molar-refractivity contribution >= 4 is 0 Å². The van der Waals surface area contributed by atoms with Crippen molar-refractivity contribution in [3.8, 4) is 0 Å². The molecule has 3 nitrogen and oxygen atoms in total. The zero-order valence-electron chi connectivity index (χ0n) is 11.8. The molecule has 1 rings (SSSR count). The van der Waals surface area contributed by atoms with Gasteiger partial charge < -0.3 is 16.2 Å². The minimum Gasteiger partial charge on any atom is -0.396 e. The van der Waals surface area contributed by atoms with Crippen LogP contribution in [0.25, 0.3) is 0 Å². The van der Waals surface area contributed by atoms with Crippen LogP contribution in [0.5, 0.6) is 0 Å². The average Bonchev–Trinajstić information content (AvgIpc) is 2.41. The van der Waals surface area contributed by atoms with Crippen LogP contribution in [-0.4, -0.2) is 29.8 Å². The van der Waals surface area contributed by atoms with Gasteiger partial charge in [0.25, 0.3) is 0 Å². The monoisotopic (exact) mass is 268 g/mol. The van der Waals surface area contributed by atoms with Crippen LogP contribution in [0, 0.1) is 5.82 Å². The molecule has 0 aliphatic heterocycles.